The maximum Gasteiger partial charge on any atom is 0.114 e. The molecule has 1 N–H and O–H groups in total. The molecule has 1 aliphatic carbocycles. The summed E-state index contributed by atoms with van der Waals surface area (Å²) in [6.45, 7) is 4.76. The van der Waals surface area contributed by atoms with Crippen molar-refractivity contribution in [3.05, 3.63) is 15.6 Å². The third kappa shape index (κ3) is 2.12. The van der Waals surface area contributed by atoms with Gasteiger partial charge >= 0.3 is 0 Å². The zero-order valence-electron chi connectivity index (χ0n) is 11.5. The lowest BCUT2D eigenvalue weighted by atomic mass is 9.80. The van der Waals surface area contributed by atoms with E-state index in [1.54, 1.807) is 4.88 Å². The van der Waals surface area contributed by atoms with Crippen LogP contribution in [0.2, 0.25) is 0 Å². The summed E-state index contributed by atoms with van der Waals surface area (Å²) < 4.78 is 0. The van der Waals surface area contributed by atoms with Gasteiger partial charge in [-0.3, -0.25) is 0 Å². The van der Waals surface area contributed by atoms with Crippen LogP contribution in [0, 0.1) is 5.41 Å². The minimum atomic E-state index is 0.113. The number of nitrogens with one attached hydrogen (secondary N) is 1. The average Bonchev–Trinajstić information content (AvgIpc) is 2.87. The topological polar surface area (TPSA) is 24.9 Å². The van der Waals surface area contributed by atoms with Crippen LogP contribution in [-0.2, 0) is 18.4 Å². The molecule has 0 aromatic carbocycles. The molecule has 0 radical (unpaired) electrons. The molecule has 4 heteroatoms. The van der Waals surface area contributed by atoms with Gasteiger partial charge in [-0.1, -0.05) is 13.8 Å². The number of aromatic nitrogens is 1. The lowest BCUT2D eigenvalue weighted by Gasteiger charge is -2.43. The molecule has 0 amide bonds. The van der Waals surface area contributed by atoms with Gasteiger partial charge in [0.15, 0.2) is 0 Å². The molecular formula is C14H22N2S2. The fourth-order valence-electron chi connectivity index (χ4n) is 3.22. The Morgan fingerprint density at radius 1 is 1.22 bits per heavy atom. The molecule has 2 aliphatic rings. The first-order chi connectivity index (χ1) is 8.55. The molecule has 1 aromatic heterocycles. The third-order valence-electron chi connectivity index (χ3n) is 4.11. The summed E-state index contributed by atoms with van der Waals surface area (Å²) in [7, 11) is 2.11. The van der Waals surface area contributed by atoms with Crippen LogP contribution >= 0.6 is 23.1 Å². The van der Waals surface area contributed by atoms with Gasteiger partial charge in [-0.05, 0) is 43.9 Å². The number of hydrogen-bond acceptors (Lipinski definition) is 4. The number of hydrogen-bond donors (Lipinski definition) is 1. The summed E-state index contributed by atoms with van der Waals surface area (Å²) in [6, 6.07) is 0. The smallest absolute Gasteiger partial charge is 0.114 e. The third-order valence-corrected chi connectivity index (χ3v) is 7.15. The van der Waals surface area contributed by atoms with Crippen molar-refractivity contribution in [3.8, 4) is 0 Å². The average molecular weight is 282 g/mol. The quantitative estimate of drug-likeness (QED) is 0.901. The first-order valence-corrected chi connectivity index (χ1v) is 8.78. The van der Waals surface area contributed by atoms with E-state index in [1.165, 1.54) is 47.9 Å². The van der Waals surface area contributed by atoms with Gasteiger partial charge in [-0.15, -0.1) is 11.3 Å². The summed E-state index contributed by atoms with van der Waals surface area (Å²) in [5.74, 6) is 2.43. The predicted molar refractivity (Wildman–Crippen MR) is 80.6 cm³/mol. The Labute approximate surface area is 118 Å². The van der Waals surface area contributed by atoms with Crippen LogP contribution in [0.3, 0.4) is 0 Å². The molecule has 0 bridgehead atoms. The molecule has 2 heterocycles. The maximum absolute atomic E-state index is 4.97. The van der Waals surface area contributed by atoms with Crippen molar-refractivity contribution in [1.82, 2.24) is 10.3 Å². The van der Waals surface area contributed by atoms with Crippen molar-refractivity contribution >= 4 is 23.1 Å². The number of thioether (sulfide) groups is 1. The van der Waals surface area contributed by atoms with E-state index in [-0.39, 0.29) is 5.54 Å². The van der Waals surface area contributed by atoms with E-state index in [2.05, 4.69) is 38.0 Å². The van der Waals surface area contributed by atoms with Crippen LogP contribution in [-0.4, -0.2) is 23.5 Å². The fourth-order valence-corrected chi connectivity index (χ4v) is 6.14. The van der Waals surface area contributed by atoms with Crippen molar-refractivity contribution in [3.63, 3.8) is 0 Å². The van der Waals surface area contributed by atoms with E-state index in [0.29, 0.717) is 5.41 Å². The Balaban J connectivity index is 1.95. The standard InChI is InChI=1S/C14H22N2S2/c1-13(2)7-14(15-3,9-17-8-13)12-16-10-5-4-6-11(10)18-12/h15H,4-9H2,1-3H3. The zero-order valence-corrected chi connectivity index (χ0v) is 13.1. The first kappa shape index (κ1) is 12.9. The van der Waals surface area contributed by atoms with Crippen LogP contribution in [0.25, 0.3) is 0 Å². The summed E-state index contributed by atoms with van der Waals surface area (Å²) in [6.07, 6.45) is 4.96. The first-order valence-electron chi connectivity index (χ1n) is 6.80. The van der Waals surface area contributed by atoms with E-state index in [4.69, 9.17) is 4.98 Å². The van der Waals surface area contributed by atoms with Crippen LogP contribution in [0.1, 0.15) is 42.3 Å². The van der Waals surface area contributed by atoms with Crippen molar-refractivity contribution in [2.45, 2.75) is 45.1 Å². The van der Waals surface area contributed by atoms with E-state index in [0.717, 1.165) is 0 Å². The maximum atomic E-state index is 4.97. The molecule has 18 heavy (non-hydrogen) atoms. The second-order valence-electron chi connectivity index (χ2n) is 6.41. The Hall–Kier alpha value is -0.0600. The SMILES string of the molecule is CNC1(c2nc3c(s2)CCC3)CSCC(C)(C)C1. The summed E-state index contributed by atoms with van der Waals surface area (Å²) in [4.78, 5) is 6.51. The van der Waals surface area contributed by atoms with Crippen molar-refractivity contribution in [2.24, 2.45) is 5.41 Å². The van der Waals surface area contributed by atoms with Crippen molar-refractivity contribution < 1.29 is 0 Å². The Morgan fingerprint density at radius 2 is 2.06 bits per heavy atom. The fraction of sp³-hybridized carbons (Fsp3) is 0.786. The van der Waals surface area contributed by atoms with Gasteiger partial charge in [0.1, 0.15) is 5.01 Å². The van der Waals surface area contributed by atoms with E-state index in [1.807, 2.05) is 11.3 Å². The predicted octanol–water partition coefficient (Wildman–Crippen LogP) is 3.21. The minimum Gasteiger partial charge on any atom is -0.308 e. The minimum absolute atomic E-state index is 0.113. The second-order valence-corrected chi connectivity index (χ2v) is 8.48. The zero-order chi connectivity index (χ0) is 12.8. The molecule has 1 fully saturated rings. The highest BCUT2D eigenvalue weighted by Gasteiger charge is 2.43. The number of thiazole rings is 1. The van der Waals surface area contributed by atoms with Crippen LogP contribution in [0.4, 0.5) is 0 Å². The largest absolute Gasteiger partial charge is 0.308 e. The van der Waals surface area contributed by atoms with Crippen LogP contribution in [0.15, 0.2) is 0 Å². The lowest BCUT2D eigenvalue weighted by molar-refractivity contribution is 0.235. The van der Waals surface area contributed by atoms with Crippen LogP contribution in [0.5, 0.6) is 0 Å². The van der Waals surface area contributed by atoms with Crippen molar-refractivity contribution in [2.75, 3.05) is 18.6 Å². The molecule has 1 unspecified atom stereocenters. The summed E-state index contributed by atoms with van der Waals surface area (Å²) in [5, 5.41) is 4.95. The number of nitrogens with zero attached hydrogens (tertiary/aromatic N) is 1. The monoisotopic (exact) mass is 282 g/mol. The summed E-state index contributed by atoms with van der Waals surface area (Å²) >= 11 is 4.04. The molecule has 2 nitrogen and oxygen atoms in total. The van der Waals surface area contributed by atoms with E-state index < -0.39 is 0 Å². The number of rotatable bonds is 2. The Bertz CT molecular complexity index is 431. The highest BCUT2D eigenvalue weighted by atomic mass is 32.2. The molecule has 3 rings (SSSR count). The molecular weight excluding hydrogens is 260 g/mol. The normalized spacial score (nSPS) is 30.4. The van der Waals surface area contributed by atoms with Gasteiger partial charge in [0, 0.05) is 10.6 Å². The van der Waals surface area contributed by atoms with Gasteiger partial charge in [0.05, 0.1) is 11.2 Å². The number of aryl methyl sites for hydroxylation is 2. The molecule has 1 aromatic rings. The highest BCUT2D eigenvalue weighted by Crippen LogP contribution is 2.46. The van der Waals surface area contributed by atoms with Gasteiger partial charge in [0.2, 0.25) is 0 Å². The van der Waals surface area contributed by atoms with E-state index >= 15 is 0 Å². The molecule has 0 spiro atoms. The molecule has 1 atom stereocenters. The van der Waals surface area contributed by atoms with Gasteiger partial charge < -0.3 is 5.32 Å². The Morgan fingerprint density at radius 3 is 2.72 bits per heavy atom. The number of fused-ring (bicyclic) bond motifs is 1. The second kappa shape index (κ2) is 4.50. The molecule has 100 valence electrons. The summed E-state index contributed by atoms with van der Waals surface area (Å²) in [5.41, 5.74) is 1.90. The molecule has 0 saturated carbocycles. The molecule has 1 saturated heterocycles. The lowest BCUT2D eigenvalue weighted by Crippen LogP contribution is -2.49. The Kier molecular flexibility index (Phi) is 3.23. The van der Waals surface area contributed by atoms with E-state index in [9.17, 15) is 0 Å². The van der Waals surface area contributed by atoms with Crippen molar-refractivity contribution in [1.29, 1.82) is 0 Å². The van der Waals surface area contributed by atoms with Gasteiger partial charge in [0.25, 0.3) is 0 Å². The van der Waals surface area contributed by atoms with Gasteiger partial charge in [-0.25, -0.2) is 4.98 Å². The molecule has 1 aliphatic heterocycles. The highest BCUT2D eigenvalue weighted by molar-refractivity contribution is 7.99. The van der Waals surface area contributed by atoms with Gasteiger partial charge in [-0.2, -0.15) is 11.8 Å². The van der Waals surface area contributed by atoms with Crippen LogP contribution < -0.4 is 5.32 Å².